The van der Waals surface area contributed by atoms with Crippen LogP contribution in [0.25, 0.3) is 0 Å². The van der Waals surface area contributed by atoms with Crippen LogP contribution in [0.2, 0.25) is 0 Å². The number of amides is 3. The van der Waals surface area contributed by atoms with E-state index in [2.05, 4.69) is 10.3 Å². The van der Waals surface area contributed by atoms with Crippen molar-refractivity contribution in [3.63, 3.8) is 0 Å². The van der Waals surface area contributed by atoms with E-state index >= 15 is 0 Å². The summed E-state index contributed by atoms with van der Waals surface area (Å²) in [5.74, 6) is -0.574. The Labute approximate surface area is 153 Å². The fraction of sp³-hybridized carbons (Fsp3) is 0.294. The average molecular weight is 375 g/mol. The quantitative estimate of drug-likeness (QED) is 0.786. The predicted octanol–water partition coefficient (Wildman–Crippen LogP) is 2.81. The minimum Gasteiger partial charge on any atom is -0.300 e. The van der Waals surface area contributed by atoms with E-state index < -0.39 is 23.8 Å². The molecular formula is C17H17N3O3S2. The van der Waals surface area contributed by atoms with Crippen molar-refractivity contribution in [1.82, 2.24) is 9.88 Å². The summed E-state index contributed by atoms with van der Waals surface area (Å²) in [5.41, 5.74) is 0.694. The van der Waals surface area contributed by atoms with Gasteiger partial charge in [0.25, 0.3) is 11.8 Å². The first kappa shape index (κ1) is 17.6. The van der Waals surface area contributed by atoms with Crippen molar-refractivity contribution in [3.05, 3.63) is 46.5 Å². The second kappa shape index (κ2) is 7.37. The van der Waals surface area contributed by atoms with E-state index in [1.807, 2.05) is 13.2 Å². The molecule has 25 heavy (non-hydrogen) atoms. The van der Waals surface area contributed by atoms with E-state index in [0.29, 0.717) is 28.4 Å². The lowest BCUT2D eigenvalue weighted by Crippen LogP contribution is -2.47. The maximum atomic E-state index is 12.8. The SMILES string of the molecule is CSCCC(C(=O)Nc1ncc(C)s1)N1C(=O)c2ccccc2C1=O. The molecule has 1 unspecified atom stereocenters. The molecule has 1 aromatic heterocycles. The molecule has 1 aliphatic heterocycles. The highest BCUT2D eigenvalue weighted by Gasteiger charge is 2.42. The number of carbonyl (C=O) groups is 3. The number of aryl methyl sites for hydroxylation is 1. The Kier molecular flexibility index (Phi) is 5.19. The molecule has 2 aromatic rings. The predicted molar refractivity (Wildman–Crippen MR) is 99.2 cm³/mol. The largest absolute Gasteiger partial charge is 0.300 e. The van der Waals surface area contributed by atoms with Gasteiger partial charge in [-0.3, -0.25) is 19.3 Å². The van der Waals surface area contributed by atoms with Gasteiger partial charge >= 0.3 is 0 Å². The molecule has 1 atom stereocenters. The minimum atomic E-state index is -0.857. The van der Waals surface area contributed by atoms with Crippen molar-refractivity contribution >= 4 is 46.0 Å². The summed E-state index contributed by atoms with van der Waals surface area (Å²) in [6.07, 6.45) is 3.98. The van der Waals surface area contributed by atoms with Gasteiger partial charge in [0.15, 0.2) is 5.13 Å². The van der Waals surface area contributed by atoms with Gasteiger partial charge in [-0.2, -0.15) is 11.8 Å². The lowest BCUT2D eigenvalue weighted by molar-refractivity contribution is -0.120. The number of rotatable bonds is 6. The first-order valence-electron chi connectivity index (χ1n) is 7.72. The van der Waals surface area contributed by atoms with E-state index in [0.717, 1.165) is 9.78 Å². The van der Waals surface area contributed by atoms with Crippen LogP contribution >= 0.6 is 23.1 Å². The average Bonchev–Trinajstić information content (AvgIpc) is 3.11. The molecule has 130 valence electrons. The summed E-state index contributed by atoms with van der Waals surface area (Å²) in [7, 11) is 0. The van der Waals surface area contributed by atoms with Crippen LogP contribution in [-0.2, 0) is 4.79 Å². The second-order valence-corrected chi connectivity index (χ2v) is 7.81. The zero-order valence-electron chi connectivity index (χ0n) is 13.8. The fourth-order valence-electron chi connectivity index (χ4n) is 2.70. The Hall–Kier alpha value is -2.19. The van der Waals surface area contributed by atoms with Gasteiger partial charge in [-0.05, 0) is 37.5 Å². The number of fused-ring (bicyclic) bond motifs is 1. The molecule has 2 heterocycles. The molecular weight excluding hydrogens is 358 g/mol. The van der Waals surface area contributed by atoms with Crippen LogP contribution in [0.4, 0.5) is 5.13 Å². The molecule has 1 N–H and O–H groups in total. The monoisotopic (exact) mass is 375 g/mol. The third-order valence-corrected chi connectivity index (χ3v) is 5.36. The van der Waals surface area contributed by atoms with Gasteiger partial charge in [0.2, 0.25) is 5.91 Å². The van der Waals surface area contributed by atoms with Crippen molar-refractivity contribution in [2.24, 2.45) is 0 Å². The second-order valence-electron chi connectivity index (χ2n) is 5.59. The van der Waals surface area contributed by atoms with Crippen molar-refractivity contribution in [3.8, 4) is 0 Å². The van der Waals surface area contributed by atoms with E-state index in [-0.39, 0.29) is 0 Å². The van der Waals surface area contributed by atoms with Gasteiger partial charge in [-0.1, -0.05) is 12.1 Å². The number of aromatic nitrogens is 1. The first-order valence-corrected chi connectivity index (χ1v) is 9.93. The summed E-state index contributed by atoms with van der Waals surface area (Å²) in [6, 6.07) is 5.79. The molecule has 0 spiro atoms. The number of nitrogens with one attached hydrogen (secondary N) is 1. The zero-order valence-corrected chi connectivity index (χ0v) is 15.4. The molecule has 3 amide bonds. The van der Waals surface area contributed by atoms with Crippen molar-refractivity contribution in [2.45, 2.75) is 19.4 Å². The third-order valence-electron chi connectivity index (χ3n) is 3.89. The number of imide groups is 1. The standard InChI is InChI=1S/C17H17N3O3S2/c1-10-9-18-17(25-10)19-14(21)13(7-8-24-2)20-15(22)11-5-3-4-6-12(11)16(20)23/h3-6,9,13H,7-8H2,1-2H3,(H,18,19,21). The molecule has 3 rings (SSSR count). The lowest BCUT2D eigenvalue weighted by atomic mass is 10.1. The molecule has 0 fully saturated rings. The Balaban J connectivity index is 1.87. The van der Waals surface area contributed by atoms with Gasteiger partial charge in [0.05, 0.1) is 11.1 Å². The molecule has 1 aliphatic rings. The lowest BCUT2D eigenvalue weighted by Gasteiger charge is -2.24. The highest BCUT2D eigenvalue weighted by Crippen LogP contribution is 2.27. The topological polar surface area (TPSA) is 79.4 Å². The number of carbonyl (C=O) groups excluding carboxylic acids is 3. The number of hydrogen-bond donors (Lipinski definition) is 1. The summed E-state index contributed by atoms with van der Waals surface area (Å²) in [4.78, 5) is 44.3. The summed E-state index contributed by atoms with van der Waals surface area (Å²) in [6.45, 7) is 1.89. The van der Waals surface area contributed by atoms with Crippen LogP contribution in [0, 0.1) is 6.92 Å². The van der Waals surface area contributed by atoms with Crippen LogP contribution in [-0.4, -0.2) is 45.7 Å². The summed E-state index contributed by atoms with van der Waals surface area (Å²) >= 11 is 2.91. The molecule has 0 aliphatic carbocycles. The highest BCUT2D eigenvalue weighted by molar-refractivity contribution is 7.98. The number of thioether (sulfide) groups is 1. The smallest absolute Gasteiger partial charge is 0.262 e. The van der Waals surface area contributed by atoms with Crippen molar-refractivity contribution in [2.75, 3.05) is 17.3 Å². The van der Waals surface area contributed by atoms with Crippen LogP contribution in [0.15, 0.2) is 30.5 Å². The molecule has 8 heteroatoms. The van der Waals surface area contributed by atoms with E-state index in [4.69, 9.17) is 0 Å². The maximum absolute atomic E-state index is 12.8. The van der Waals surface area contributed by atoms with Gasteiger partial charge in [-0.15, -0.1) is 11.3 Å². The summed E-state index contributed by atoms with van der Waals surface area (Å²) < 4.78 is 0. The van der Waals surface area contributed by atoms with Crippen LogP contribution in [0.3, 0.4) is 0 Å². The zero-order chi connectivity index (χ0) is 18.0. The highest BCUT2D eigenvalue weighted by atomic mass is 32.2. The molecule has 0 saturated carbocycles. The van der Waals surface area contributed by atoms with Gasteiger partial charge in [0, 0.05) is 11.1 Å². The Morgan fingerprint density at radius 2 is 1.92 bits per heavy atom. The number of benzene rings is 1. The minimum absolute atomic E-state index is 0.347. The normalized spacial score (nSPS) is 14.6. The molecule has 6 nitrogen and oxygen atoms in total. The third kappa shape index (κ3) is 3.45. The Morgan fingerprint density at radius 3 is 2.44 bits per heavy atom. The van der Waals surface area contributed by atoms with E-state index in [1.54, 1.807) is 42.2 Å². The van der Waals surface area contributed by atoms with Crippen LogP contribution in [0.1, 0.15) is 32.0 Å². The first-order chi connectivity index (χ1) is 12.0. The van der Waals surface area contributed by atoms with E-state index in [9.17, 15) is 14.4 Å². The van der Waals surface area contributed by atoms with Crippen LogP contribution in [0.5, 0.6) is 0 Å². The number of thiazole rings is 1. The molecule has 0 saturated heterocycles. The Morgan fingerprint density at radius 1 is 1.28 bits per heavy atom. The van der Waals surface area contributed by atoms with Gasteiger partial charge in [-0.25, -0.2) is 4.98 Å². The number of nitrogens with zero attached hydrogens (tertiary/aromatic N) is 2. The van der Waals surface area contributed by atoms with Gasteiger partial charge < -0.3 is 5.32 Å². The Bertz CT molecular complexity index is 799. The number of hydrogen-bond acceptors (Lipinski definition) is 6. The summed E-state index contributed by atoms with van der Waals surface area (Å²) in [5, 5.41) is 3.20. The molecule has 1 aromatic carbocycles. The molecule has 0 bridgehead atoms. The van der Waals surface area contributed by atoms with Gasteiger partial charge in [0.1, 0.15) is 6.04 Å². The number of anilines is 1. The van der Waals surface area contributed by atoms with Crippen molar-refractivity contribution in [1.29, 1.82) is 0 Å². The molecule has 0 radical (unpaired) electrons. The maximum Gasteiger partial charge on any atom is 0.262 e. The fourth-order valence-corrected chi connectivity index (χ4v) is 3.83. The van der Waals surface area contributed by atoms with E-state index in [1.165, 1.54) is 11.3 Å². The van der Waals surface area contributed by atoms with Crippen molar-refractivity contribution < 1.29 is 14.4 Å². The van der Waals surface area contributed by atoms with Crippen LogP contribution < -0.4 is 5.32 Å².